The first kappa shape index (κ1) is 26.9. The van der Waals surface area contributed by atoms with Crippen LogP contribution in [-0.4, -0.2) is 39.2 Å². The van der Waals surface area contributed by atoms with Gasteiger partial charge in [-0.25, -0.2) is 9.29 Å². The van der Waals surface area contributed by atoms with Gasteiger partial charge < -0.3 is 5.11 Å². The van der Waals surface area contributed by atoms with Gasteiger partial charge in [-0.1, -0.05) is 89.7 Å². The lowest BCUT2D eigenvalue weighted by Crippen LogP contribution is -2.53. The molecule has 1 atom stereocenters. The maximum Gasteiger partial charge on any atom is 0.277 e. The first-order valence-electron chi connectivity index (χ1n) is 14.0. The summed E-state index contributed by atoms with van der Waals surface area (Å²) in [5.74, 6) is 0.982. The summed E-state index contributed by atoms with van der Waals surface area (Å²) in [5, 5.41) is 11.8. The SMILES string of the molecule is CCCCCCCCCCCCCCC1(O)C(C)=C(C)C2=[N+](Cc3ccc(F)cc3)CCCN21. The molecule has 1 aromatic carbocycles. The minimum Gasteiger partial charge on any atom is -0.350 e. The normalized spacial score (nSPS) is 20.4. The predicted molar refractivity (Wildman–Crippen MR) is 141 cm³/mol. The molecule has 190 valence electrons. The molecule has 0 aromatic heterocycles. The van der Waals surface area contributed by atoms with Crippen molar-refractivity contribution in [3.63, 3.8) is 0 Å². The Morgan fingerprint density at radius 3 is 2.03 bits per heavy atom. The summed E-state index contributed by atoms with van der Waals surface area (Å²) >= 11 is 0. The van der Waals surface area contributed by atoms with E-state index in [0.29, 0.717) is 0 Å². The summed E-state index contributed by atoms with van der Waals surface area (Å²) < 4.78 is 15.7. The molecule has 2 aliphatic heterocycles. The van der Waals surface area contributed by atoms with Gasteiger partial charge in [0, 0.05) is 24.0 Å². The average Bonchev–Trinajstić information content (AvgIpc) is 3.03. The van der Waals surface area contributed by atoms with Crippen LogP contribution in [-0.2, 0) is 6.54 Å². The summed E-state index contributed by atoms with van der Waals surface area (Å²) in [7, 11) is 0. The van der Waals surface area contributed by atoms with Crippen molar-refractivity contribution in [3.8, 4) is 0 Å². The van der Waals surface area contributed by atoms with Gasteiger partial charge in [-0.05, 0) is 38.0 Å². The molecule has 1 unspecified atom stereocenters. The predicted octanol–water partition coefficient (Wildman–Crippen LogP) is 7.57. The van der Waals surface area contributed by atoms with Crippen molar-refractivity contribution in [2.24, 2.45) is 0 Å². The van der Waals surface area contributed by atoms with E-state index in [4.69, 9.17) is 0 Å². The largest absolute Gasteiger partial charge is 0.350 e. The number of halogens is 1. The van der Waals surface area contributed by atoms with E-state index >= 15 is 0 Å². The van der Waals surface area contributed by atoms with Crippen LogP contribution in [0, 0.1) is 5.82 Å². The van der Waals surface area contributed by atoms with E-state index in [-0.39, 0.29) is 5.82 Å². The van der Waals surface area contributed by atoms with Gasteiger partial charge in [-0.2, -0.15) is 0 Å². The molecule has 2 aliphatic rings. The minimum absolute atomic E-state index is 0.193. The molecule has 34 heavy (non-hydrogen) atoms. The van der Waals surface area contributed by atoms with Crippen LogP contribution in [0.5, 0.6) is 0 Å². The number of amidine groups is 1. The van der Waals surface area contributed by atoms with Crippen LogP contribution < -0.4 is 0 Å². The second-order valence-corrected chi connectivity index (χ2v) is 10.6. The van der Waals surface area contributed by atoms with Gasteiger partial charge in [0.25, 0.3) is 5.84 Å². The second kappa shape index (κ2) is 13.4. The Bertz CT molecular complexity index is 829. The van der Waals surface area contributed by atoms with Crippen LogP contribution in [0.25, 0.3) is 0 Å². The monoisotopic (exact) mass is 471 g/mol. The Morgan fingerprint density at radius 2 is 1.44 bits per heavy atom. The molecule has 4 heteroatoms. The van der Waals surface area contributed by atoms with Gasteiger partial charge in [-0.3, -0.25) is 4.58 Å². The van der Waals surface area contributed by atoms with E-state index in [2.05, 4.69) is 30.2 Å². The van der Waals surface area contributed by atoms with Gasteiger partial charge in [-0.15, -0.1) is 0 Å². The number of rotatable bonds is 15. The Hall–Kier alpha value is -1.68. The van der Waals surface area contributed by atoms with Gasteiger partial charge in [0.05, 0.1) is 13.1 Å². The molecule has 0 fully saturated rings. The molecule has 0 spiro atoms. The van der Waals surface area contributed by atoms with Crippen LogP contribution in [0.4, 0.5) is 4.39 Å². The van der Waals surface area contributed by atoms with E-state index < -0.39 is 5.72 Å². The first-order valence-corrected chi connectivity index (χ1v) is 14.0. The molecule has 2 heterocycles. The smallest absolute Gasteiger partial charge is 0.277 e. The highest BCUT2D eigenvalue weighted by Gasteiger charge is 2.53. The van der Waals surface area contributed by atoms with Crippen LogP contribution in [0.2, 0.25) is 0 Å². The quantitative estimate of drug-likeness (QED) is 0.211. The molecular formula is C30H48FN2O+. The lowest BCUT2D eigenvalue weighted by atomic mass is 9.96. The van der Waals surface area contributed by atoms with Crippen molar-refractivity contribution in [3.05, 3.63) is 46.8 Å². The number of hydrogen-bond donors (Lipinski definition) is 1. The van der Waals surface area contributed by atoms with Gasteiger partial charge in [0.1, 0.15) is 12.4 Å². The third kappa shape index (κ3) is 6.93. The number of unbranched alkanes of at least 4 members (excludes halogenated alkanes) is 11. The van der Waals surface area contributed by atoms with Crippen LogP contribution in [0.1, 0.15) is 116 Å². The van der Waals surface area contributed by atoms with E-state index in [1.165, 1.54) is 94.2 Å². The molecule has 0 radical (unpaired) electrons. The van der Waals surface area contributed by atoms with Crippen LogP contribution in [0.15, 0.2) is 35.4 Å². The lowest BCUT2D eigenvalue weighted by Gasteiger charge is -2.34. The van der Waals surface area contributed by atoms with E-state index in [1.807, 2.05) is 12.1 Å². The summed E-state index contributed by atoms with van der Waals surface area (Å²) in [4.78, 5) is 2.25. The summed E-state index contributed by atoms with van der Waals surface area (Å²) in [6.07, 6.45) is 17.8. The van der Waals surface area contributed by atoms with Gasteiger partial charge >= 0.3 is 0 Å². The zero-order valence-electron chi connectivity index (χ0n) is 22.0. The second-order valence-electron chi connectivity index (χ2n) is 10.6. The maximum absolute atomic E-state index is 13.3. The van der Waals surface area contributed by atoms with Gasteiger partial charge in [0.15, 0.2) is 0 Å². The third-order valence-corrected chi connectivity index (χ3v) is 7.98. The van der Waals surface area contributed by atoms with Crippen LogP contribution >= 0.6 is 0 Å². The Kier molecular flexibility index (Phi) is 10.6. The fourth-order valence-electron chi connectivity index (χ4n) is 5.77. The molecule has 3 nitrogen and oxygen atoms in total. The minimum atomic E-state index is -0.848. The zero-order valence-corrected chi connectivity index (χ0v) is 22.0. The van der Waals surface area contributed by atoms with Crippen molar-refractivity contribution in [2.75, 3.05) is 13.1 Å². The molecule has 1 aromatic rings. The first-order chi connectivity index (χ1) is 16.5. The molecule has 1 N–H and O–H groups in total. The number of benzene rings is 1. The zero-order chi connectivity index (χ0) is 24.4. The van der Waals surface area contributed by atoms with Crippen molar-refractivity contribution in [1.82, 2.24) is 4.90 Å². The molecule has 0 amide bonds. The van der Waals surface area contributed by atoms with Crippen molar-refractivity contribution < 1.29 is 14.1 Å². The molecule has 0 aliphatic carbocycles. The van der Waals surface area contributed by atoms with Crippen molar-refractivity contribution in [1.29, 1.82) is 0 Å². The fraction of sp³-hybridized carbons (Fsp3) is 0.700. The molecule has 0 bridgehead atoms. The molecule has 3 rings (SSSR count). The van der Waals surface area contributed by atoms with Crippen molar-refractivity contribution in [2.45, 2.75) is 123 Å². The fourth-order valence-corrected chi connectivity index (χ4v) is 5.77. The standard InChI is InChI=1S/C30H48FN2O/c1-4-5-6-7-8-9-10-11-12-13-14-15-21-30(34)26(3)25(2)29-32(22-16-23-33(29)30)24-27-17-19-28(31)20-18-27/h17-20,34H,4-16,21-24H2,1-3H3/q+1. The lowest BCUT2D eigenvalue weighted by molar-refractivity contribution is -0.554. The highest BCUT2D eigenvalue weighted by atomic mass is 19.1. The Morgan fingerprint density at radius 1 is 0.882 bits per heavy atom. The van der Waals surface area contributed by atoms with E-state index in [1.54, 1.807) is 0 Å². The third-order valence-electron chi connectivity index (χ3n) is 7.98. The number of aliphatic hydroxyl groups is 1. The number of hydrogen-bond acceptors (Lipinski definition) is 2. The highest BCUT2D eigenvalue weighted by molar-refractivity contribution is 5.98. The topological polar surface area (TPSA) is 26.5 Å². The summed E-state index contributed by atoms with van der Waals surface area (Å²) in [5.41, 5.74) is 2.58. The molecule has 0 saturated carbocycles. The Balaban J connectivity index is 1.46. The van der Waals surface area contributed by atoms with Crippen molar-refractivity contribution >= 4 is 5.84 Å². The van der Waals surface area contributed by atoms with Gasteiger partial charge in [0.2, 0.25) is 5.72 Å². The highest BCUT2D eigenvalue weighted by Crippen LogP contribution is 2.39. The summed E-state index contributed by atoms with van der Waals surface area (Å²) in [6, 6.07) is 6.81. The average molecular weight is 472 g/mol. The van der Waals surface area contributed by atoms with E-state index in [9.17, 15) is 9.50 Å². The van der Waals surface area contributed by atoms with E-state index in [0.717, 1.165) is 50.0 Å². The summed E-state index contributed by atoms with van der Waals surface area (Å²) in [6.45, 7) is 9.17. The maximum atomic E-state index is 13.3. The van der Waals surface area contributed by atoms with Crippen LogP contribution in [0.3, 0.4) is 0 Å². The number of fused-ring (bicyclic) bond motifs is 1. The molecular weight excluding hydrogens is 423 g/mol. The number of nitrogens with zero attached hydrogens (tertiary/aromatic N) is 2. The Labute approximate surface area is 207 Å². The molecule has 0 saturated heterocycles.